The van der Waals surface area contributed by atoms with Gasteiger partial charge in [-0.3, -0.25) is 9.59 Å². The molecule has 0 aromatic carbocycles. The fraction of sp³-hybridized carbons (Fsp3) is 0.818. The summed E-state index contributed by atoms with van der Waals surface area (Å²) >= 11 is 0. The van der Waals surface area contributed by atoms with E-state index in [2.05, 4.69) is 5.32 Å². The quantitative estimate of drug-likeness (QED) is 0.745. The Hall–Kier alpha value is -1.10. The van der Waals surface area contributed by atoms with Crippen molar-refractivity contribution in [2.45, 2.75) is 38.8 Å². The van der Waals surface area contributed by atoms with Gasteiger partial charge in [0.05, 0.1) is 6.61 Å². The van der Waals surface area contributed by atoms with Gasteiger partial charge in [0.15, 0.2) is 0 Å². The maximum atomic E-state index is 12.2. The van der Waals surface area contributed by atoms with Gasteiger partial charge in [-0.2, -0.15) is 0 Å². The van der Waals surface area contributed by atoms with Crippen molar-refractivity contribution in [2.24, 2.45) is 0 Å². The summed E-state index contributed by atoms with van der Waals surface area (Å²) in [6.07, 6.45) is 0.591. The van der Waals surface area contributed by atoms with Gasteiger partial charge in [-0.05, 0) is 20.3 Å². The Bertz CT molecular complexity index is 293. The second-order valence-corrected chi connectivity index (χ2v) is 4.34. The van der Waals surface area contributed by atoms with E-state index in [1.807, 2.05) is 6.92 Å². The molecule has 2 unspecified atom stereocenters. The molecule has 0 spiro atoms. The lowest BCUT2D eigenvalue weighted by Crippen LogP contribution is -2.68. The molecular weight excluding hydrogens is 208 g/mol. The standard InChI is InChI=1S/C11H20N2O3/c1-5-11(3)10(15)13(6-7-16-4)8(2)9(14)12-11/h8H,5-7H2,1-4H3,(H,12,14). The molecule has 0 saturated carbocycles. The third kappa shape index (κ3) is 2.19. The first-order valence-corrected chi connectivity index (χ1v) is 5.58. The van der Waals surface area contributed by atoms with Gasteiger partial charge < -0.3 is 15.0 Å². The zero-order valence-corrected chi connectivity index (χ0v) is 10.4. The van der Waals surface area contributed by atoms with Crippen molar-refractivity contribution in [2.75, 3.05) is 20.3 Å². The Balaban J connectivity index is 2.86. The molecule has 1 heterocycles. The molecule has 0 radical (unpaired) electrons. The molecule has 1 aliphatic heterocycles. The normalized spacial score (nSPS) is 30.5. The predicted octanol–water partition coefficient (Wildman–Crippen LogP) is 0.148. The number of carbonyl (C=O) groups is 2. The summed E-state index contributed by atoms with van der Waals surface area (Å²) in [5, 5.41) is 2.78. The van der Waals surface area contributed by atoms with Gasteiger partial charge in [0.2, 0.25) is 11.8 Å². The molecule has 5 nitrogen and oxygen atoms in total. The third-order valence-corrected chi connectivity index (χ3v) is 3.22. The van der Waals surface area contributed by atoms with Crippen molar-refractivity contribution in [1.29, 1.82) is 0 Å². The van der Waals surface area contributed by atoms with Crippen LogP contribution < -0.4 is 5.32 Å². The molecule has 2 amide bonds. The first-order chi connectivity index (χ1) is 7.46. The minimum Gasteiger partial charge on any atom is -0.383 e. The largest absolute Gasteiger partial charge is 0.383 e. The number of hydrogen-bond acceptors (Lipinski definition) is 3. The van der Waals surface area contributed by atoms with Gasteiger partial charge in [-0.1, -0.05) is 6.92 Å². The maximum absolute atomic E-state index is 12.2. The molecule has 16 heavy (non-hydrogen) atoms. The van der Waals surface area contributed by atoms with E-state index < -0.39 is 11.6 Å². The number of rotatable bonds is 4. The molecule has 0 bridgehead atoms. The summed E-state index contributed by atoms with van der Waals surface area (Å²) in [5.74, 6) is -0.126. The first kappa shape index (κ1) is 13.0. The second-order valence-electron chi connectivity index (χ2n) is 4.34. The summed E-state index contributed by atoms with van der Waals surface area (Å²) in [6.45, 7) is 6.29. The molecule has 92 valence electrons. The van der Waals surface area contributed by atoms with Gasteiger partial charge in [-0.15, -0.1) is 0 Å². The molecule has 2 atom stereocenters. The number of ether oxygens (including phenoxy) is 1. The molecule has 0 aromatic rings. The molecule has 1 N–H and O–H groups in total. The van der Waals surface area contributed by atoms with Crippen LogP contribution in [-0.4, -0.2) is 48.6 Å². The number of nitrogens with zero attached hydrogens (tertiary/aromatic N) is 1. The van der Waals surface area contributed by atoms with Crippen LogP contribution in [0.5, 0.6) is 0 Å². The van der Waals surface area contributed by atoms with Crippen molar-refractivity contribution in [3.8, 4) is 0 Å². The summed E-state index contributed by atoms with van der Waals surface area (Å²) in [7, 11) is 1.58. The van der Waals surface area contributed by atoms with Crippen LogP contribution in [0.4, 0.5) is 0 Å². The summed E-state index contributed by atoms with van der Waals surface area (Å²) in [4.78, 5) is 25.5. The Kier molecular flexibility index (Phi) is 3.91. The molecule has 0 aromatic heterocycles. The van der Waals surface area contributed by atoms with E-state index in [9.17, 15) is 9.59 Å². The topological polar surface area (TPSA) is 58.6 Å². The third-order valence-electron chi connectivity index (χ3n) is 3.22. The van der Waals surface area contributed by atoms with Crippen LogP contribution >= 0.6 is 0 Å². The zero-order valence-electron chi connectivity index (χ0n) is 10.4. The van der Waals surface area contributed by atoms with Gasteiger partial charge in [-0.25, -0.2) is 0 Å². The minimum atomic E-state index is -0.767. The molecular formula is C11H20N2O3. The molecule has 1 aliphatic rings. The molecule has 0 aliphatic carbocycles. The predicted molar refractivity (Wildman–Crippen MR) is 59.9 cm³/mol. The fourth-order valence-corrected chi connectivity index (χ4v) is 1.79. The Morgan fingerprint density at radius 2 is 2.12 bits per heavy atom. The number of amides is 2. The van der Waals surface area contributed by atoms with Crippen LogP contribution in [0.1, 0.15) is 27.2 Å². The van der Waals surface area contributed by atoms with E-state index in [-0.39, 0.29) is 11.8 Å². The number of methoxy groups -OCH3 is 1. The summed E-state index contributed by atoms with van der Waals surface area (Å²) < 4.78 is 4.95. The highest BCUT2D eigenvalue weighted by Gasteiger charge is 2.44. The average Bonchev–Trinajstić information content (AvgIpc) is 2.27. The Morgan fingerprint density at radius 3 is 2.62 bits per heavy atom. The first-order valence-electron chi connectivity index (χ1n) is 5.58. The van der Waals surface area contributed by atoms with Crippen LogP contribution in [0.15, 0.2) is 0 Å². The number of piperazine rings is 1. The van der Waals surface area contributed by atoms with Crippen molar-refractivity contribution < 1.29 is 14.3 Å². The minimum absolute atomic E-state index is 0.0286. The lowest BCUT2D eigenvalue weighted by atomic mass is 9.92. The van der Waals surface area contributed by atoms with Gasteiger partial charge in [0.25, 0.3) is 0 Å². The van der Waals surface area contributed by atoms with Crippen molar-refractivity contribution in [1.82, 2.24) is 10.2 Å². The van der Waals surface area contributed by atoms with E-state index in [4.69, 9.17) is 4.74 Å². The van der Waals surface area contributed by atoms with E-state index >= 15 is 0 Å². The van der Waals surface area contributed by atoms with Crippen LogP contribution in [-0.2, 0) is 14.3 Å². The van der Waals surface area contributed by atoms with Crippen LogP contribution in [0.3, 0.4) is 0 Å². The fourth-order valence-electron chi connectivity index (χ4n) is 1.79. The maximum Gasteiger partial charge on any atom is 0.248 e. The van der Waals surface area contributed by atoms with E-state index in [0.29, 0.717) is 19.6 Å². The van der Waals surface area contributed by atoms with Crippen LogP contribution in [0.2, 0.25) is 0 Å². The second kappa shape index (κ2) is 4.82. The molecule has 1 fully saturated rings. The number of nitrogens with one attached hydrogen (secondary N) is 1. The highest BCUT2D eigenvalue weighted by atomic mass is 16.5. The van der Waals surface area contributed by atoms with E-state index in [0.717, 1.165) is 0 Å². The van der Waals surface area contributed by atoms with Gasteiger partial charge in [0, 0.05) is 13.7 Å². The lowest BCUT2D eigenvalue weighted by molar-refractivity contribution is -0.154. The molecule has 1 rings (SSSR count). The Labute approximate surface area is 96.1 Å². The van der Waals surface area contributed by atoms with E-state index in [1.165, 1.54) is 0 Å². The van der Waals surface area contributed by atoms with Gasteiger partial charge in [0.1, 0.15) is 11.6 Å². The highest BCUT2D eigenvalue weighted by molar-refractivity contribution is 5.99. The number of hydrogen-bond donors (Lipinski definition) is 1. The molecule has 1 saturated heterocycles. The SMILES string of the molecule is CCC1(C)NC(=O)C(C)N(CCOC)C1=O. The highest BCUT2D eigenvalue weighted by Crippen LogP contribution is 2.20. The summed E-state index contributed by atoms with van der Waals surface area (Å²) in [6, 6.07) is -0.415. The van der Waals surface area contributed by atoms with Crippen LogP contribution in [0.25, 0.3) is 0 Å². The van der Waals surface area contributed by atoms with Crippen LogP contribution in [0, 0.1) is 0 Å². The monoisotopic (exact) mass is 228 g/mol. The average molecular weight is 228 g/mol. The molecule has 5 heteroatoms. The lowest BCUT2D eigenvalue weighted by Gasteiger charge is -2.42. The Morgan fingerprint density at radius 1 is 1.50 bits per heavy atom. The number of carbonyl (C=O) groups excluding carboxylic acids is 2. The van der Waals surface area contributed by atoms with Gasteiger partial charge >= 0.3 is 0 Å². The van der Waals surface area contributed by atoms with Crippen molar-refractivity contribution in [3.05, 3.63) is 0 Å². The summed E-state index contributed by atoms with van der Waals surface area (Å²) in [5.41, 5.74) is -0.767. The smallest absolute Gasteiger partial charge is 0.248 e. The van der Waals surface area contributed by atoms with E-state index in [1.54, 1.807) is 25.9 Å². The zero-order chi connectivity index (χ0) is 12.3. The van der Waals surface area contributed by atoms with Crippen molar-refractivity contribution >= 4 is 11.8 Å². The van der Waals surface area contributed by atoms with Crippen molar-refractivity contribution in [3.63, 3.8) is 0 Å².